The predicted octanol–water partition coefficient (Wildman–Crippen LogP) is 7.71. The quantitative estimate of drug-likeness (QED) is 0.205. The highest BCUT2D eigenvalue weighted by Gasteiger charge is 2.41. The number of allylic oxidation sites excluding steroid dienone is 4. The molecule has 47 heavy (non-hydrogen) atoms. The van der Waals surface area contributed by atoms with Crippen LogP contribution < -0.4 is 0 Å². The van der Waals surface area contributed by atoms with E-state index in [1.807, 2.05) is 0 Å². The topological polar surface area (TPSA) is 146 Å². The zero-order valence-corrected chi connectivity index (χ0v) is 22.9. The number of pyridine rings is 2. The van der Waals surface area contributed by atoms with Crippen LogP contribution in [0.5, 0.6) is 0 Å². The average Bonchev–Trinajstić information content (AvgIpc) is 3.54. The van der Waals surface area contributed by atoms with Gasteiger partial charge in [0.25, 0.3) is 0 Å². The minimum atomic E-state index is -5.34. The van der Waals surface area contributed by atoms with E-state index in [4.69, 9.17) is 0 Å². The van der Waals surface area contributed by atoms with Crippen LogP contribution in [0.15, 0.2) is 57.5 Å². The number of aryl methyl sites for hydroxylation is 1. The summed E-state index contributed by atoms with van der Waals surface area (Å²) in [5, 5.41) is 38.7. The molecule has 1 aromatic carbocycles. The van der Waals surface area contributed by atoms with Crippen LogP contribution in [-0.4, -0.2) is 21.4 Å². The Morgan fingerprint density at radius 3 is 1.34 bits per heavy atom. The summed E-state index contributed by atoms with van der Waals surface area (Å²) in [6.07, 6.45) is -15.5. The maximum absolute atomic E-state index is 13.6. The van der Waals surface area contributed by atoms with Crippen LogP contribution in [-0.2, 0) is 18.5 Å². The molecular formula is C30H9F9N8. The van der Waals surface area contributed by atoms with Gasteiger partial charge >= 0.3 is 18.5 Å². The third kappa shape index (κ3) is 5.67. The van der Waals surface area contributed by atoms with Gasteiger partial charge in [0, 0.05) is 22.3 Å². The largest absolute Gasteiger partial charge is 0.433 e. The molecule has 232 valence electrons. The Morgan fingerprint density at radius 2 is 0.957 bits per heavy atom. The lowest BCUT2D eigenvalue weighted by molar-refractivity contribution is -0.145. The SMILES string of the molecule is Cc1cc(C2=Nc3cc4c(cc3C2=C(C#N)C#N)N=C(c2cc(C(F)(F)F)cc(C(F)(F)F)n2)C4=C(C#N)C#N)nc(C(F)(F)F)c1. The number of benzene rings is 1. The summed E-state index contributed by atoms with van der Waals surface area (Å²) >= 11 is 0. The zero-order valence-electron chi connectivity index (χ0n) is 22.9. The molecule has 0 N–H and O–H groups in total. The van der Waals surface area contributed by atoms with Crippen LogP contribution in [0, 0.1) is 52.2 Å². The molecule has 0 aliphatic carbocycles. The van der Waals surface area contributed by atoms with Crippen molar-refractivity contribution in [3.63, 3.8) is 0 Å². The van der Waals surface area contributed by atoms with Crippen molar-refractivity contribution in [2.45, 2.75) is 25.5 Å². The molecule has 0 amide bonds. The van der Waals surface area contributed by atoms with Crippen molar-refractivity contribution < 1.29 is 39.5 Å². The number of fused-ring (bicyclic) bond motifs is 2. The number of alkyl halides is 9. The number of hydrogen-bond donors (Lipinski definition) is 0. The van der Waals surface area contributed by atoms with Crippen molar-refractivity contribution in [2.24, 2.45) is 9.98 Å². The molecule has 5 rings (SSSR count). The maximum atomic E-state index is 13.6. The van der Waals surface area contributed by atoms with Crippen molar-refractivity contribution in [2.75, 3.05) is 0 Å². The Bertz CT molecular complexity index is 2140. The summed E-state index contributed by atoms with van der Waals surface area (Å²) < 4.78 is 122. The van der Waals surface area contributed by atoms with Crippen LogP contribution in [0.2, 0.25) is 0 Å². The summed E-state index contributed by atoms with van der Waals surface area (Å²) in [6.45, 7) is 1.33. The molecular weight excluding hydrogens is 643 g/mol. The van der Waals surface area contributed by atoms with Crippen molar-refractivity contribution in [3.8, 4) is 24.3 Å². The average molecular weight is 652 g/mol. The number of nitriles is 4. The minimum Gasteiger partial charge on any atom is -0.245 e. The number of aromatic nitrogens is 2. The number of rotatable bonds is 2. The van der Waals surface area contributed by atoms with Gasteiger partial charge in [0.2, 0.25) is 0 Å². The van der Waals surface area contributed by atoms with Crippen LogP contribution in [0.25, 0.3) is 11.1 Å². The highest BCUT2D eigenvalue weighted by Crippen LogP contribution is 2.48. The molecule has 0 fully saturated rings. The molecule has 0 spiro atoms. The minimum absolute atomic E-state index is 0.0819. The first-order valence-corrected chi connectivity index (χ1v) is 12.6. The molecule has 4 heterocycles. The van der Waals surface area contributed by atoms with E-state index < -0.39 is 63.6 Å². The van der Waals surface area contributed by atoms with Gasteiger partial charge < -0.3 is 0 Å². The fourth-order valence-corrected chi connectivity index (χ4v) is 4.82. The second kappa shape index (κ2) is 10.9. The van der Waals surface area contributed by atoms with Gasteiger partial charge in [-0.15, -0.1) is 0 Å². The summed E-state index contributed by atoms with van der Waals surface area (Å²) in [7, 11) is 0. The lowest BCUT2D eigenvalue weighted by Crippen LogP contribution is -2.17. The molecule has 0 bridgehead atoms. The number of hydrogen-bond acceptors (Lipinski definition) is 8. The second-order valence-corrected chi connectivity index (χ2v) is 9.79. The Hall–Kier alpha value is -6.33. The third-order valence-corrected chi connectivity index (χ3v) is 6.73. The normalized spacial score (nSPS) is 13.8. The van der Waals surface area contributed by atoms with Crippen molar-refractivity contribution in [3.05, 3.63) is 92.6 Å². The standard InChI is InChI=1S/C30H9F9N8/c1-12-2-20(44-22(3-12)29(34,35)36)26-24(13(8-40)9-41)16-6-19-17(7-18(16)46-26)25(14(10-42)11-43)27(47-19)21-4-15(28(31,32)33)5-23(45-21)30(37,38)39/h2-7H,1H3. The molecule has 8 nitrogen and oxygen atoms in total. The molecule has 0 saturated heterocycles. The smallest absolute Gasteiger partial charge is 0.245 e. The predicted molar refractivity (Wildman–Crippen MR) is 143 cm³/mol. The molecule has 17 heteroatoms. The van der Waals surface area contributed by atoms with E-state index in [0.717, 1.165) is 18.2 Å². The first-order valence-electron chi connectivity index (χ1n) is 12.6. The molecule has 3 aromatic rings. The van der Waals surface area contributed by atoms with E-state index in [2.05, 4.69) is 20.0 Å². The van der Waals surface area contributed by atoms with Gasteiger partial charge in [0.1, 0.15) is 46.8 Å². The summed E-state index contributed by atoms with van der Waals surface area (Å²) in [5.41, 5.74) is -10.2. The maximum Gasteiger partial charge on any atom is 0.433 e. The van der Waals surface area contributed by atoms with Gasteiger partial charge in [-0.2, -0.15) is 60.6 Å². The fourth-order valence-electron chi connectivity index (χ4n) is 4.82. The van der Waals surface area contributed by atoms with E-state index in [9.17, 15) is 60.6 Å². The Morgan fingerprint density at radius 1 is 0.553 bits per heavy atom. The molecule has 0 unspecified atom stereocenters. The highest BCUT2D eigenvalue weighted by atomic mass is 19.4. The summed E-state index contributed by atoms with van der Waals surface area (Å²) in [4.78, 5) is 15.3. The fraction of sp³-hybridized carbons (Fsp3) is 0.133. The van der Waals surface area contributed by atoms with Crippen LogP contribution in [0.1, 0.15) is 45.0 Å². The van der Waals surface area contributed by atoms with E-state index >= 15 is 0 Å². The van der Waals surface area contributed by atoms with Crippen LogP contribution in [0.4, 0.5) is 50.9 Å². The molecule has 2 aromatic heterocycles. The first kappa shape index (κ1) is 32.1. The molecule has 0 radical (unpaired) electrons. The first-order chi connectivity index (χ1) is 21.9. The third-order valence-electron chi connectivity index (χ3n) is 6.73. The van der Waals surface area contributed by atoms with Gasteiger partial charge in [-0.3, -0.25) is 0 Å². The van der Waals surface area contributed by atoms with E-state index in [1.54, 1.807) is 12.1 Å². The lowest BCUT2D eigenvalue weighted by Gasteiger charge is -2.14. The molecule has 2 aliphatic rings. The highest BCUT2D eigenvalue weighted by molar-refractivity contribution is 6.39. The monoisotopic (exact) mass is 652 g/mol. The summed E-state index contributed by atoms with van der Waals surface area (Å²) in [5.74, 6) is 0. The van der Waals surface area contributed by atoms with E-state index in [1.165, 1.54) is 25.1 Å². The lowest BCUT2D eigenvalue weighted by atomic mass is 9.91. The van der Waals surface area contributed by atoms with Gasteiger partial charge in [-0.05, 0) is 48.9 Å². The van der Waals surface area contributed by atoms with Crippen molar-refractivity contribution in [1.29, 1.82) is 21.0 Å². The van der Waals surface area contributed by atoms with E-state index in [-0.39, 0.29) is 57.2 Å². The zero-order chi connectivity index (χ0) is 34.6. The van der Waals surface area contributed by atoms with Crippen LogP contribution >= 0.6 is 0 Å². The number of nitrogens with zero attached hydrogens (tertiary/aromatic N) is 8. The van der Waals surface area contributed by atoms with Crippen LogP contribution in [0.3, 0.4) is 0 Å². The second-order valence-electron chi connectivity index (χ2n) is 9.79. The molecule has 0 saturated carbocycles. The molecule has 0 atom stereocenters. The Kier molecular flexibility index (Phi) is 7.46. The molecule has 2 aliphatic heterocycles. The van der Waals surface area contributed by atoms with Gasteiger partial charge in [0.15, 0.2) is 0 Å². The number of aliphatic imine (C=N–C) groups is 2. The summed E-state index contributed by atoms with van der Waals surface area (Å²) in [6, 6.07) is 10.5. The van der Waals surface area contributed by atoms with Gasteiger partial charge in [-0.1, -0.05) is 0 Å². The Labute approximate surface area is 257 Å². The number of halogens is 9. The van der Waals surface area contributed by atoms with E-state index in [0.29, 0.717) is 0 Å². The van der Waals surface area contributed by atoms with Crippen molar-refractivity contribution in [1.82, 2.24) is 9.97 Å². The van der Waals surface area contributed by atoms with Gasteiger partial charge in [0.05, 0.1) is 39.7 Å². The Balaban J connectivity index is 1.80. The van der Waals surface area contributed by atoms with Crippen molar-refractivity contribution >= 4 is 33.9 Å². The van der Waals surface area contributed by atoms with Gasteiger partial charge in [-0.25, -0.2) is 20.0 Å².